The SMILES string of the molecule is Cc1cccn2nc(NC3CCCCC3N)nc12. The van der Waals surface area contributed by atoms with Crippen LogP contribution in [0.3, 0.4) is 0 Å². The molecule has 5 nitrogen and oxygen atoms in total. The normalized spacial score (nSPS) is 24.3. The van der Waals surface area contributed by atoms with E-state index in [2.05, 4.69) is 15.4 Å². The van der Waals surface area contributed by atoms with Crippen LogP contribution in [0, 0.1) is 6.92 Å². The lowest BCUT2D eigenvalue weighted by Crippen LogP contribution is -2.42. The maximum Gasteiger partial charge on any atom is 0.243 e. The second kappa shape index (κ2) is 4.57. The van der Waals surface area contributed by atoms with E-state index in [4.69, 9.17) is 5.73 Å². The zero-order chi connectivity index (χ0) is 12.5. The Labute approximate surface area is 106 Å². The van der Waals surface area contributed by atoms with Crippen LogP contribution in [-0.4, -0.2) is 26.7 Å². The van der Waals surface area contributed by atoms with Gasteiger partial charge in [0.1, 0.15) is 0 Å². The number of nitrogens with two attached hydrogens (primary N) is 1. The monoisotopic (exact) mass is 245 g/mol. The third-order valence-electron chi connectivity index (χ3n) is 3.69. The summed E-state index contributed by atoms with van der Waals surface area (Å²) in [4.78, 5) is 4.53. The maximum absolute atomic E-state index is 6.13. The summed E-state index contributed by atoms with van der Waals surface area (Å²) in [6.45, 7) is 2.04. The molecule has 0 amide bonds. The topological polar surface area (TPSA) is 68.2 Å². The molecule has 1 fully saturated rings. The van der Waals surface area contributed by atoms with Crippen LogP contribution in [0.25, 0.3) is 5.65 Å². The first-order valence-corrected chi connectivity index (χ1v) is 6.58. The lowest BCUT2D eigenvalue weighted by Gasteiger charge is -2.28. The smallest absolute Gasteiger partial charge is 0.243 e. The van der Waals surface area contributed by atoms with Crippen molar-refractivity contribution in [1.29, 1.82) is 0 Å². The Morgan fingerprint density at radius 1 is 1.39 bits per heavy atom. The van der Waals surface area contributed by atoms with Crippen molar-refractivity contribution in [3.8, 4) is 0 Å². The molecule has 96 valence electrons. The van der Waals surface area contributed by atoms with Crippen LogP contribution >= 0.6 is 0 Å². The van der Waals surface area contributed by atoms with Gasteiger partial charge in [-0.25, -0.2) is 4.52 Å². The minimum Gasteiger partial charge on any atom is -0.349 e. The number of pyridine rings is 1. The van der Waals surface area contributed by atoms with Crippen molar-refractivity contribution in [1.82, 2.24) is 14.6 Å². The van der Waals surface area contributed by atoms with Crippen LogP contribution in [0.2, 0.25) is 0 Å². The molecule has 1 saturated carbocycles. The second-order valence-electron chi connectivity index (χ2n) is 5.09. The molecule has 2 unspecified atom stereocenters. The Morgan fingerprint density at radius 3 is 3.00 bits per heavy atom. The van der Waals surface area contributed by atoms with Crippen molar-refractivity contribution in [2.24, 2.45) is 5.73 Å². The molecule has 0 aromatic carbocycles. The number of aromatic nitrogens is 3. The van der Waals surface area contributed by atoms with Gasteiger partial charge < -0.3 is 11.1 Å². The van der Waals surface area contributed by atoms with Gasteiger partial charge in [0.15, 0.2) is 5.65 Å². The zero-order valence-corrected chi connectivity index (χ0v) is 10.6. The van der Waals surface area contributed by atoms with Crippen LogP contribution in [0.5, 0.6) is 0 Å². The fraction of sp³-hybridized carbons (Fsp3) is 0.538. The van der Waals surface area contributed by atoms with Gasteiger partial charge in [-0.15, -0.1) is 5.10 Å². The maximum atomic E-state index is 6.13. The average molecular weight is 245 g/mol. The van der Waals surface area contributed by atoms with E-state index in [1.807, 2.05) is 29.8 Å². The van der Waals surface area contributed by atoms with Crippen molar-refractivity contribution in [2.75, 3.05) is 5.32 Å². The Hall–Kier alpha value is -1.62. The van der Waals surface area contributed by atoms with E-state index in [0.717, 1.165) is 24.1 Å². The molecule has 1 aliphatic carbocycles. The summed E-state index contributed by atoms with van der Waals surface area (Å²) in [5.74, 6) is 0.687. The first-order valence-electron chi connectivity index (χ1n) is 6.58. The van der Waals surface area contributed by atoms with E-state index < -0.39 is 0 Å². The van der Waals surface area contributed by atoms with Gasteiger partial charge in [-0.05, 0) is 31.4 Å². The average Bonchev–Trinajstić information content (AvgIpc) is 2.76. The number of rotatable bonds is 2. The van der Waals surface area contributed by atoms with Gasteiger partial charge in [0.05, 0.1) is 0 Å². The molecule has 2 aromatic heterocycles. The molecule has 0 radical (unpaired) electrons. The van der Waals surface area contributed by atoms with Crippen LogP contribution in [-0.2, 0) is 0 Å². The van der Waals surface area contributed by atoms with Gasteiger partial charge in [0, 0.05) is 18.3 Å². The third kappa shape index (κ3) is 2.06. The number of anilines is 1. The number of hydrogen-bond donors (Lipinski definition) is 2. The molecule has 3 N–H and O–H groups in total. The molecule has 2 atom stereocenters. The lowest BCUT2D eigenvalue weighted by molar-refractivity contribution is 0.402. The molecule has 0 aliphatic heterocycles. The first kappa shape index (κ1) is 11.5. The standard InChI is InChI=1S/C13H19N5/c1-9-5-4-8-18-12(9)16-13(17-18)15-11-7-3-2-6-10(11)14/h4-5,8,10-11H,2-3,6-7,14H2,1H3,(H,15,17). The molecule has 0 saturated heterocycles. The summed E-state index contributed by atoms with van der Waals surface area (Å²) in [6, 6.07) is 4.54. The molecule has 5 heteroatoms. The fourth-order valence-corrected chi connectivity index (χ4v) is 2.61. The van der Waals surface area contributed by atoms with Crippen LogP contribution in [0.1, 0.15) is 31.2 Å². The third-order valence-corrected chi connectivity index (χ3v) is 3.69. The summed E-state index contributed by atoms with van der Waals surface area (Å²) in [5, 5.41) is 7.82. The number of aryl methyl sites for hydroxylation is 1. The van der Waals surface area contributed by atoms with Crippen LogP contribution in [0.4, 0.5) is 5.95 Å². The summed E-state index contributed by atoms with van der Waals surface area (Å²) in [6.07, 6.45) is 6.58. The number of fused-ring (bicyclic) bond motifs is 1. The van der Waals surface area contributed by atoms with Crippen molar-refractivity contribution in [3.63, 3.8) is 0 Å². The van der Waals surface area contributed by atoms with Gasteiger partial charge in [0.25, 0.3) is 0 Å². The number of nitrogens with zero attached hydrogens (tertiary/aromatic N) is 3. The van der Waals surface area contributed by atoms with E-state index in [1.165, 1.54) is 12.8 Å². The lowest BCUT2D eigenvalue weighted by atomic mass is 9.91. The van der Waals surface area contributed by atoms with Gasteiger partial charge >= 0.3 is 0 Å². The summed E-state index contributed by atoms with van der Waals surface area (Å²) >= 11 is 0. The summed E-state index contributed by atoms with van der Waals surface area (Å²) in [5.41, 5.74) is 8.16. The van der Waals surface area contributed by atoms with E-state index in [1.54, 1.807) is 0 Å². The van der Waals surface area contributed by atoms with Gasteiger partial charge in [0.2, 0.25) is 5.95 Å². The van der Waals surface area contributed by atoms with Crippen LogP contribution < -0.4 is 11.1 Å². The molecule has 1 aliphatic rings. The zero-order valence-electron chi connectivity index (χ0n) is 10.6. The molecule has 2 aromatic rings. The molecular formula is C13H19N5. The second-order valence-corrected chi connectivity index (χ2v) is 5.09. The quantitative estimate of drug-likeness (QED) is 0.845. The predicted octanol–water partition coefficient (Wildman–Crippen LogP) is 1.72. The first-order chi connectivity index (χ1) is 8.74. The van der Waals surface area contributed by atoms with Crippen molar-refractivity contribution in [2.45, 2.75) is 44.7 Å². The highest BCUT2D eigenvalue weighted by atomic mass is 15.3. The minimum absolute atomic E-state index is 0.214. The van der Waals surface area contributed by atoms with E-state index in [9.17, 15) is 0 Å². The highest BCUT2D eigenvalue weighted by Crippen LogP contribution is 2.20. The van der Waals surface area contributed by atoms with Gasteiger partial charge in [-0.3, -0.25) is 0 Å². The molecule has 18 heavy (non-hydrogen) atoms. The van der Waals surface area contributed by atoms with Crippen molar-refractivity contribution in [3.05, 3.63) is 23.9 Å². The van der Waals surface area contributed by atoms with Crippen molar-refractivity contribution < 1.29 is 0 Å². The Morgan fingerprint density at radius 2 is 2.22 bits per heavy atom. The predicted molar refractivity (Wildman–Crippen MR) is 71.6 cm³/mol. The molecule has 0 bridgehead atoms. The Bertz CT molecular complexity index is 547. The van der Waals surface area contributed by atoms with Crippen molar-refractivity contribution >= 4 is 11.6 Å². The summed E-state index contributed by atoms with van der Waals surface area (Å²) in [7, 11) is 0. The van der Waals surface area contributed by atoms with Crippen LogP contribution in [0.15, 0.2) is 18.3 Å². The molecule has 0 spiro atoms. The highest BCUT2D eigenvalue weighted by molar-refractivity contribution is 5.50. The fourth-order valence-electron chi connectivity index (χ4n) is 2.61. The Balaban J connectivity index is 1.84. The number of nitrogens with one attached hydrogen (secondary N) is 1. The van der Waals surface area contributed by atoms with E-state index in [0.29, 0.717) is 12.0 Å². The minimum atomic E-state index is 0.214. The molecular weight excluding hydrogens is 226 g/mol. The van der Waals surface area contributed by atoms with Gasteiger partial charge in [-0.2, -0.15) is 4.98 Å². The summed E-state index contributed by atoms with van der Waals surface area (Å²) < 4.78 is 1.81. The van der Waals surface area contributed by atoms with Gasteiger partial charge in [-0.1, -0.05) is 18.9 Å². The Kier molecular flexibility index (Phi) is 2.91. The highest BCUT2D eigenvalue weighted by Gasteiger charge is 2.22. The molecule has 2 heterocycles. The van der Waals surface area contributed by atoms with E-state index in [-0.39, 0.29) is 6.04 Å². The van der Waals surface area contributed by atoms with E-state index >= 15 is 0 Å². The molecule has 3 rings (SSSR count). The largest absolute Gasteiger partial charge is 0.349 e. The number of hydrogen-bond acceptors (Lipinski definition) is 4.